The van der Waals surface area contributed by atoms with E-state index >= 15 is 0 Å². The van der Waals surface area contributed by atoms with Crippen LogP contribution in [0, 0.1) is 0 Å². The number of sulfone groups is 1. The first-order chi connectivity index (χ1) is 7.43. The quantitative estimate of drug-likeness (QED) is 0.883. The van der Waals surface area contributed by atoms with E-state index < -0.39 is 9.84 Å². The van der Waals surface area contributed by atoms with Crippen molar-refractivity contribution in [3.05, 3.63) is 29.3 Å². The zero-order valence-electron chi connectivity index (χ0n) is 9.40. The van der Waals surface area contributed by atoms with Gasteiger partial charge in [0, 0.05) is 12.6 Å². The van der Waals surface area contributed by atoms with Crippen LogP contribution in [0.25, 0.3) is 0 Å². The minimum absolute atomic E-state index is 0.0644. The van der Waals surface area contributed by atoms with Crippen LogP contribution in [-0.2, 0) is 9.84 Å². The molecular weight excluding hydrogens is 246 g/mol. The Morgan fingerprint density at radius 1 is 1.31 bits per heavy atom. The summed E-state index contributed by atoms with van der Waals surface area (Å²) in [7, 11) is -3.28. The van der Waals surface area contributed by atoms with Crippen molar-refractivity contribution in [2.45, 2.75) is 24.8 Å². The van der Waals surface area contributed by atoms with Gasteiger partial charge in [0.1, 0.15) is 0 Å². The van der Waals surface area contributed by atoms with E-state index in [0.717, 1.165) is 0 Å². The zero-order chi connectivity index (χ0) is 12.2. The van der Waals surface area contributed by atoms with Gasteiger partial charge in [0.2, 0.25) is 0 Å². The fourth-order valence-electron chi connectivity index (χ4n) is 1.29. The summed E-state index contributed by atoms with van der Waals surface area (Å²) in [6.07, 6.45) is 0. The molecule has 0 aromatic heterocycles. The number of rotatable bonds is 5. The van der Waals surface area contributed by atoms with Gasteiger partial charge in [-0.25, -0.2) is 8.42 Å². The molecule has 1 rings (SSSR count). The number of nitrogens with one attached hydrogen (secondary N) is 1. The molecule has 3 nitrogen and oxygen atoms in total. The van der Waals surface area contributed by atoms with Crippen molar-refractivity contribution >= 4 is 21.4 Å². The normalized spacial score (nSPS) is 12.0. The predicted octanol–water partition coefficient (Wildman–Crippen LogP) is 2.11. The standard InChI is InChI=1S/C11H16ClNO2S/c1-9(2)13-7-8-16(14,15)11-6-4-3-5-10(11)12/h3-6,9,13H,7-8H2,1-2H3. The van der Waals surface area contributed by atoms with Crippen LogP contribution < -0.4 is 5.32 Å². The Bertz CT molecular complexity index is 443. The molecule has 16 heavy (non-hydrogen) atoms. The first-order valence-corrected chi connectivity index (χ1v) is 7.17. The van der Waals surface area contributed by atoms with E-state index in [1.807, 2.05) is 13.8 Å². The maximum Gasteiger partial charge on any atom is 0.181 e. The Labute approximate surface area is 102 Å². The summed E-state index contributed by atoms with van der Waals surface area (Å²) in [5, 5.41) is 3.35. The molecule has 0 aliphatic rings. The summed E-state index contributed by atoms with van der Waals surface area (Å²) in [4.78, 5) is 0.210. The fourth-order valence-corrected chi connectivity index (χ4v) is 3.03. The van der Waals surface area contributed by atoms with Crippen molar-refractivity contribution in [3.63, 3.8) is 0 Å². The van der Waals surface area contributed by atoms with Crippen LogP contribution in [0.4, 0.5) is 0 Å². The average molecular weight is 262 g/mol. The van der Waals surface area contributed by atoms with Gasteiger partial charge < -0.3 is 5.32 Å². The van der Waals surface area contributed by atoms with E-state index in [4.69, 9.17) is 11.6 Å². The third kappa shape index (κ3) is 3.77. The highest BCUT2D eigenvalue weighted by Gasteiger charge is 2.16. The van der Waals surface area contributed by atoms with Crippen LogP contribution in [0.2, 0.25) is 5.02 Å². The molecule has 0 atom stereocenters. The molecule has 1 aromatic carbocycles. The second-order valence-corrected chi connectivity index (χ2v) is 6.34. The van der Waals surface area contributed by atoms with E-state index in [9.17, 15) is 8.42 Å². The second-order valence-electron chi connectivity index (χ2n) is 3.86. The highest BCUT2D eigenvalue weighted by Crippen LogP contribution is 2.21. The van der Waals surface area contributed by atoms with Crippen molar-refractivity contribution in [3.8, 4) is 0 Å². The Kier molecular flexibility index (Phi) is 4.77. The smallest absolute Gasteiger partial charge is 0.181 e. The first-order valence-electron chi connectivity index (χ1n) is 5.14. The lowest BCUT2D eigenvalue weighted by Crippen LogP contribution is -2.28. The third-order valence-corrected chi connectivity index (χ3v) is 4.30. The van der Waals surface area contributed by atoms with Crippen molar-refractivity contribution in [1.82, 2.24) is 5.32 Å². The van der Waals surface area contributed by atoms with Crippen LogP contribution >= 0.6 is 11.6 Å². The SMILES string of the molecule is CC(C)NCCS(=O)(=O)c1ccccc1Cl. The first kappa shape index (κ1) is 13.5. The molecule has 1 aromatic rings. The van der Waals surface area contributed by atoms with Gasteiger partial charge in [-0.05, 0) is 12.1 Å². The molecular formula is C11H16ClNO2S. The van der Waals surface area contributed by atoms with Crippen LogP contribution in [0.5, 0.6) is 0 Å². The molecule has 1 N–H and O–H groups in total. The van der Waals surface area contributed by atoms with E-state index in [-0.39, 0.29) is 21.7 Å². The molecule has 0 bridgehead atoms. The summed E-state index contributed by atoms with van der Waals surface area (Å²) in [5.74, 6) is 0.0644. The Balaban J connectivity index is 2.75. The Morgan fingerprint density at radius 2 is 1.94 bits per heavy atom. The lowest BCUT2D eigenvalue weighted by atomic mass is 10.4. The maximum absolute atomic E-state index is 11.9. The molecule has 0 aliphatic heterocycles. The van der Waals surface area contributed by atoms with Crippen LogP contribution in [0.3, 0.4) is 0 Å². The summed E-state index contributed by atoms with van der Waals surface area (Å²) in [6, 6.07) is 6.79. The van der Waals surface area contributed by atoms with Crippen molar-refractivity contribution < 1.29 is 8.42 Å². The zero-order valence-corrected chi connectivity index (χ0v) is 11.0. The largest absolute Gasteiger partial charge is 0.314 e. The van der Waals surface area contributed by atoms with Gasteiger partial charge in [-0.2, -0.15) is 0 Å². The highest BCUT2D eigenvalue weighted by atomic mass is 35.5. The molecule has 0 spiro atoms. The molecule has 0 fully saturated rings. The molecule has 5 heteroatoms. The van der Waals surface area contributed by atoms with E-state index in [1.54, 1.807) is 18.2 Å². The van der Waals surface area contributed by atoms with E-state index in [1.165, 1.54) is 6.07 Å². The molecule has 0 saturated carbocycles. The molecule has 90 valence electrons. The Hall–Kier alpha value is -0.580. The molecule has 0 heterocycles. The third-order valence-electron chi connectivity index (χ3n) is 2.10. The van der Waals surface area contributed by atoms with Gasteiger partial charge in [-0.15, -0.1) is 0 Å². The number of benzene rings is 1. The molecule has 0 saturated heterocycles. The maximum atomic E-state index is 11.9. The van der Waals surface area contributed by atoms with Crippen molar-refractivity contribution in [2.24, 2.45) is 0 Å². The minimum atomic E-state index is -3.28. The van der Waals surface area contributed by atoms with Crippen LogP contribution in [-0.4, -0.2) is 26.8 Å². The number of hydrogen-bond acceptors (Lipinski definition) is 3. The highest BCUT2D eigenvalue weighted by molar-refractivity contribution is 7.91. The second kappa shape index (κ2) is 5.66. The fraction of sp³-hybridized carbons (Fsp3) is 0.455. The average Bonchev–Trinajstić information content (AvgIpc) is 2.17. The summed E-state index contributed by atoms with van der Waals surface area (Å²) in [6.45, 7) is 4.38. The molecule has 0 aliphatic carbocycles. The lowest BCUT2D eigenvalue weighted by Gasteiger charge is -2.09. The van der Waals surface area contributed by atoms with E-state index in [0.29, 0.717) is 6.54 Å². The topological polar surface area (TPSA) is 46.2 Å². The van der Waals surface area contributed by atoms with E-state index in [2.05, 4.69) is 5.32 Å². The monoisotopic (exact) mass is 261 g/mol. The van der Waals surface area contributed by atoms with Gasteiger partial charge >= 0.3 is 0 Å². The number of halogens is 1. The van der Waals surface area contributed by atoms with Gasteiger partial charge in [0.15, 0.2) is 9.84 Å². The van der Waals surface area contributed by atoms with Gasteiger partial charge in [0.25, 0.3) is 0 Å². The lowest BCUT2D eigenvalue weighted by molar-refractivity contribution is 0.578. The van der Waals surface area contributed by atoms with Crippen LogP contribution in [0.15, 0.2) is 29.2 Å². The minimum Gasteiger partial charge on any atom is -0.314 e. The summed E-state index contributed by atoms with van der Waals surface area (Å²) in [5.41, 5.74) is 0. The Morgan fingerprint density at radius 3 is 2.50 bits per heavy atom. The van der Waals surface area contributed by atoms with Crippen molar-refractivity contribution in [1.29, 1.82) is 0 Å². The molecule has 0 amide bonds. The van der Waals surface area contributed by atoms with Crippen LogP contribution in [0.1, 0.15) is 13.8 Å². The summed E-state index contributed by atoms with van der Waals surface area (Å²) < 4.78 is 23.8. The van der Waals surface area contributed by atoms with Crippen molar-refractivity contribution in [2.75, 3.05) is 12.3 Å². The van der Waals surface area contributed by atoms with Gasteiger partial charge in [-0.3, -0.25) is 0 Å². The summed E-state index contributed by atoms with van der Waals surface area (Å²) >= 11 is 5.85. The van der Waals surface area contributed by atoms with Gasteiger partial charge in [-0.1, -0.05) is 37.6 Å². The molecule has 0 unspecified atom stereocenters. The number of hydrogen-bond donors (Lipinski definition) is 1. The predicted molar refractivity (Wildman–Crippen MR) is 66.6 cm³/mol. The molecule has 0 radical (unpaired) electrons. The van der Waals surface area contributed by atoms with Gasteiger partial charge in [0.05, 0.1) is 15.7 Å².